The van der Waals surface area contributed by atoms with Gasteiger partial charge >= 0.3 is 6.18 Å². The molecule has 5 rings (SSSR count). The molecule has 1 fully saturated rings. The number of hydrogen-bond acceptors (Lipinski definition) is 3. The van der Waals surface area contributed by atoms with Crippen molar-refractivity contribution in [2.75, 3.05) is 26.7 Å². The van der Waals surface area contributed by atoms with Crippen LogP contribution in [0.25, 0.3) is 10.9 Å². The van der Waals surface area contributed by atoms with E-state index in [1.807, 2.05) is 48.7 Å². The summed E-state index contributed by atoms with van der Waals surface area (Å²) in [4.78, 5) is 21.0. The number of halogens is 3. The molecule has 3 aromatic carbocycles. The number of fused-ring (bicyclic) bond motifs is 1. The summed E-state index contributed by atoms with van der Waals surface area (Å²) in [5.74, 6) is -0.414. The Kier molecular flexibility index (Phi) is 6.93. The molecule has 1 aliphatic heterocycles. The van der Waals surface area contributed by atoms with Crippen LogP contribution in [0, 0.1) is 0 Å². The Morgan fingerprint density at radius 3 is 2.54 bits per heavy atom. The van der Waals surface area contributed by atoms with E-state index in [1.54, 1.807) is 4.90 Å². The second kappa shape index (κ2) is 10.3. The number of benzene rings is 3. The average molecular weight is 508 g/mol. The van der Waals surface area contributed by atoms with E-state index < -0.39 is 17.6 Å². The SMILES string of the molecule is COc1cc(C(=O)N2CCN(Cc3ccccc3)C[C@H]2Cc2c[nH]c3ccccc23)cc(C(F)(F)F)c1. The molecule has 0 spiro atoms. The van der Waals surface area contributed by atoms with Crippen LogP contribution in [-0.2, 0) is 19.1 Å². The van der Waals surface area contributed by atoms with Gasteiger partial charge < -0.3 is 14.6 Å². The highest BCUT2D eigenvalue weighted by Crippen LogP contribution is 2.33. The number of piperazine rings is 1. The van der Waals surface area contributed by atoms with Crippen LogP contribution in [0.1, 0.15) is 27.0 Å². The van der Waals surface area contributed by atoms with Gasteiger partial charge in [-0.05, 0) is 41.8 Å². The number of alkyl halides is 3. The lowest BCUT2D eigenvalue weighted by Gasteiger charge is -2.42. The highest BCUT2D eigenvalue weighted by Gasteiger charge is 2.35. The second-order valence-electron chi connectivity index (χ2n) is 9.38. The molecule has 1 amide bonds. The fourth-order valence-corrected chi connectivity index (χ4v) is 5.07. The number of aromatic amines is 1. The minimum Gasteiger partial charge on any atom is -0.497 e. The van der Waals surface area contributed by atoms with Crippen LogP contribution in [0.5, 0.6) is 5.75 Å². The number of para-hydroxylation sites is 1. The molecule has 0 unspecified atom stereocenters. The minimum atomic E-state index is -4.58. The third kappa shape index (κ3) is 5.49. The van der Waals surface area contributed by atoms with Gasteiger partial charge in [0.2, 0.25) is 0 Å². The van der Waals surface area contributed by atoms with Gasteiger partial charge in [0.25, 0.3) is 5.91 Å². The quantitative estimate of drug-likeness (QED) is 0.361. The van der Waals surface area contributed by atoms with Gasteiger partial charge in [0.05, 0.1) is 12.7 Å². The van der Waals surface area contributed by atoms with Crippen molar-refractivity contribution in [2.45, 2.75) is 25.2 Å². The second-order valence-corrected chi connectivity index (χ2v) is 9.38. The third-order valence-corrected chi connectivity index (χ3v) is 6.92. The first-order chi connectivity index (χ1) is 17.8. The summed E-state index contributed by atoms with van der Waals surface area (Å²) in [7, 11) is 1.30. The number of H-pyrrole nitrogens is 1. The highest BCUT2D eigenvalue weighted by molar-refractivity contribution is 5.95. The molecule has 1 N–H and O–H groups in total. The van der Waals surface area contributed by atoms with Crippen LogP contribution in [0.2, 0.25) is 0 Å². The van der Waals surface area contributed by atoms with E-state index in [1.165, 1.54) is 18.7 Å². The van der Waals surface area contributed by atoms with Gasteiger partial charge in [0.15, 0.2) is 0 Å². The lowest BCUT2D eigenvalue weighted by Crippen LogP contribution is -2.55. The molecule has 1 aromatic heterocycles. The van der Waals surface area contributed by atoms with E-state index in [0.717, 1.165) is 35.1 Å². The van der Waals surface area contributed by atoms with Gasteiger partial charge in [-0.1, -0.05) is 48.5 Å². The molecule has 1 saturated heterocycles. The fourth-order valence-electron chi connectivity index (χ4n) is 5.07. The standard InChI is InChI=1S/C29H28F3N3O2/c1-37-25-15-21(13-23(16-25)29(30,31)32)28(36)35-12-11-34(18-20-7-3-2-4-8-20)19-24(35)14-22-17-33-27-10-6-5-9-26(22)27/h2-10,13,15-17,24,33H,11-12,14,18-19H2,1H3/t24-/m1/s1. The number of ether oxygens (including phenoxy) is 1. The molecule has 37 heavy (non-hydrogen) atoms. The Morgan fingerprint density at radius 2 is 1.78 bits per heavy atom. The molecule has 5 nitrogen and oxygen atoms in total. The molecular formula is C29H28F3N3O2. The van der Waals surface area contributed by atoms with E-state index in [-0.39, 0.29) is 17.4 Å². The summed E-state index contributed by atoms with van der Waals surface area (Å²) in [6.07, 6.45) is -2.05. The maximum Gasteiger partial charge on any atom is 0.416 e. The van der Waals surface area contributed by atoms with Gasteiger partial charge in [-0.3, -0.25) is 9.69 Å². The van der Waals surface area contributed by atoms with Crippen LogP contribution in [-0.4, -0.2) is 53.5 Å². The van der Waals surface area contributed by atoms with Crippen molar-refractivity contribution in [3.05, 3.63) is 101 Å². The zero-order valence-electron chi connectivity index (χ0n) is 20.5. The van der Waals surface area contributed by atoms with Crippen molar-refractivity contribution in [2.24, 2.45) is 0 Å². The topological polar surface area (TPSA) is 48.6 Å². The summed E-state index contributed by atoms with van der Waals surface area (Å²) in [6, 6.07) is 21.1. The van der Waals surface area contributed by atoms with Crippen LogP contribution < -0.4 is 4.74 Å². The number of aromatic nitrogens is 1. The summed E-state index contributed by atoms with van der Waals surface area (Å²) >= 11 is 0. The number of carbonyl (C=O) groups excluding carboxylic acids is 1. The predicted molar refractivity (Wildman–Crippen MR) is 137 cm³/mol. The molecule has 1 atom stereocenters. The van der Waals surface area contributed by atoms with E-state index >= 15 is 0 Å². The number of carbonyl (C=O) groups is 1. The van der Waals surface area contributed by atoms with Crippen molar-refractivity contribution in [1.29, 1.82) is 0 Å². The molecule has 2 heterocycles. The first kappa shape index (κ1) is 24.9. The number of amides is 1. The maximum absolute atomic E-state index is 13.7. The Hall–Kier alpha value is -3.78. The number of nitrogens with zero attached hydrogens (tertiary/aromatic N) is 2. The summed E-state index contributed by atoms with van der Waals surface area (Å²) in [5, 5.41) is 1.08. The molecule has 4 aromatic rings. The predicted octanol–water partition coefficient (Wildman–Crippen LogP) is 5.76. The lowest BCUT2D eigenvalue weighted by molar-refractivity contribution is -0.137. The maximum atomic E-state index is 13.7. The van der Waals surface area contributed by atoms with Crippen molar-refractivity contribution < 1.29 is 22.7 Å². The van der Waals surface area contributed by atoms with E-state index in [9.17, 15) is 18.0 Å². The largest absolute Gasteiger partial charge is 0.497 e. The van der Waals surface area contributed by atoms with Crippen molar-refractivity contribution in [1.82, 2.24) is 14.8 Å². The fraction of sp³-hybridized carbons (Fsp3) is 0.276. The first-order valence-electron chi connectivity index (χ1n) is 12.2. The Labute approximate surface area is 213 Å². The number of methoxy groups -OCH3 is 1. The van der Waals surface area contributed by atoms with Crippen LogP contribution in [0.15, 0.2) is 79.0 Å². The molecule has 0 aliphatic carbocycles. The van der Waals surface area contributed by atoms with Gasteiger partial charge in [-0.2, -0.15) is 13.2 Å². The number of rotatable bonds is 6. The van der Waals surface area contributed by atoms with E-state index in [4.69, 9.17) is 4.74 Å². The van der Waals surface area contributed by atoms with E-state index in [0.29, 0.717) is 26.1 Å². The highest BCUT2D eigenvalue weighted by atomic mass is 19.4. The van der Waals surface area contributed by atoms with E-state index in [2.05, 4.69) is 22.0 Å². The first-order valence-corrected chi connectivity index (χ1v) is 12.2. The van der Waals surface area contributed by atoms with Crippen molar-refractivity contribution >= 4 is 16.8 Å². The summed E-state index contributed by atoms with van der Waals surface area (Å²) in [6.45, 7) is 2.39. The van der Waals surface area contributed by atoms with Crippen molar-refractivity contribution in [3.63, 3.8) is 0 Å². The molecule has 192 valence electrons. The minimum absolute atomic E-state index is 0.00840. The van der Waals surface area contributed by atoms with Gasteiger partial charge in [-0.25, -0.2) is 0 Å². The lowest BCUT2D eigenvalue weighted by atomic mass is 9.99. The van der Waals surface area contributed by atoms with Gasteiger partial charge in [-0.15, -0.1) is 0 Å². The third-order valence-electron chi connectivity index (χ3n) is 6.92. The monoisotopic (exact) mass is 507 g/mol. The average Bonchev–Trinajstić information content (AvgIpc) is 3.31. The molecular weight excluding hydrogens is 479 g/mol. The molecule has 1 aliphatic rings. The van der Waals surface area contributed by atoms with Gasteiger partial charge in [0, 0.05) is 54.9 Å². The molecule has 8 heteroatoms. The Bertz CT molecular complexity index is 1380. The van der Waals surface area contributed by atoms with Crippen LogP contribution in [0.3, 0.4) is 0 Å². The summed E-state index contributed by atoms with van der Waals surface area (Å²) < 4.78 is 45.7. The zero-order chi connectivity index (χ0) is 26.0. The normalized spacial score (nSPS) is 16.8. The molecule has 0 radical (unpaired) electrons. The van der Waals surface area contributed by atoms with Crippen LogP contribution >= 0.6 is 0 Å². The molecule has 0 bridgehead atoms. The summed E-state index contributed by atoms with van der Waals surface area (Å²) in [5.41, 5.74) is 2.34. The number of nitrogens with one attached hydrogen (secondary N) is 1. The molecule has 0 saturated carbocycles. The smallest absolute Gasteiger partial charge is 0.416 e. The number of hydrogen-bond donors (Lipinski definition) is 1. The Morgan fingerprint density at radius 1 is 1.03 bits per heavy atom. The van der Waals surface area contributed by atoms with Crippen LogP contribution in [0.4, 0.5) is 13.2 Å². The Balaban J connectivity index is 1.46. The van der Waals surface area contributed by atoms with Crippen molar-refractivity contribution in [3.8, 4) is 5.75 Å². The van der Waals surface area contributed by atoms with Gasteiger partial charge in [0.1, 0.15) is 5.75 Å². The zero-order valence-corrected chi connectivity index (χ0v) is 20.5.